The lowest BCUT2D eigenvalue weighted by Gasteiger charge is -2.58. The first-order valence-electron chi connectivity index (χ1n) is 13.3. The van der Waals surface area contributed by atoms with E-state index in [0.717, 1.165) is 43.3 Å². The van der Waals surface area contributed by atoms with Gasteiger partial charge in [0.25, 0.3) is 0 Å². The highest BCUT2D eigenvalue weighted by Gasteiger charge is 2.65. The molecule has 0 radical (unpaired) electrons. The number of hydrogen-bond donors (Lipinski definition) is 1. The largest absolute Gasteiger partial charge is 0.430 e. The van der Waals surface area contributed by atoms with E-state index in [2.05, 4.69) is 41.2 Å². The molecule has 0 spiro atoms. The Morgan fingerprint density at radius 3 is 2.59 bits per heavy atom. The van der Waals surface area contributed by atoms with Gasteiger partial charge in [0.05, 0.1) is 11.5 Å². The molecule has 3 nitrogen and oxygen atoms in total. The van der Waals surface area contributed by atoms with Crippen LogP contribution < -0.4 is 0 Å². The van der Waals surface area contributed by atoms with Crippen molar-refractivity contribution in [2.45, 2.75) is 111 Å². The van der Waals surface area contributed by atoms with Crippen molar-refractivity contribution in [3.63, 3.8) is 0 Å². The van der Waals surface area contributed by atoms with Gasteiger partial charge in [-0.3, -0.25) is 4.79 Å². The minimum absolute atomic E-state index is 0.102. The van der Waals surface area contributed by atoms with E-state index in [0.29, 0.717) is 24.7 Å². The molecule has 0 bridgehead atoms. The van der Waals surface area contributed by atoms with E-state index in [1.807, 2.05) is 6.08 Å². The van der Waals surface area contributed by atoms with Crippen LogP contribution in [0.5, 0.6) is 0 Å². The van der Waals surface area contributed by atoms with E-state index in [1.54, 1.807) is 0 Å². The summed E-state index contributed by atoms with van der Waals surface area (Å²) in [7, 11) is 0. The summed E-state index contributed by atoms with van der Waals surface area (Å²) in [6.45, 7) is 15.9. The van der Waals surface area contributed by atoms with Crippen LogP contribution in [0.3, 0.4) is 0 Å². The van der Waals surface area contributed by atoms with Crippen molar-refractivity contribution in [3.8, 4) is 0 Å². The highest BCUT2D eigenvalue weighted by atomic mass is 16.5. The number of allylic oxidation sites excluding steroid dienone is 3. The number of hydrogen-bond acceptors (Lipinski definition) is 3. The standard InChI is InChI=1S/C29H46O3/c1-7-15-29-18-21(30)13-17-28(29,6)24-14-16-27(5)22(20(4)10-8-9-19(2)3)11-12-23(27)25(24)32-26(29)31/h7,19-23,30H,1,8-18H2,2-6H3/t20-,21+,22-,23+,27-,28-,29-/m1/s1. The molecule has 7 atom stereocenters. The minimum atomic E-state index is -0.652. The zero-order valence-electron chi connectivity index (χ0n) is 21.2. The lowest BCUT2D eigenvalue weighted by atomic mass is 9.48. The van der Waals surface area contributed by atoms with Gasteiger partial charge in [-0.2, -0.15) is 0 Å². The molecule has 0 amide bonds. The molecule has 1 heterocycles. The van der Waals surface area contributed by atoms with E-state index < -0.39 is 11.5 Å². The molecule has 3 heteroatoms. The molecule has 1 N–H and O–H groups in total. The number of fused-ring (bicyclic) bond motifs is 4. The summed E-state index contributed by atoms with van der Waals surface area (Å²) >= 11 is 0. The van der Waals surface area contributed by atoms with Gasteiger partial charge in [0, 0.05) is 11.3 Å². The second kappa shape index (κ2) is 8.60. The number of carbonyl (C=O) groups excluding carboxylic acids is 1. The Hall–Kier alpha value is -1.09. The molecule has 0 aromatic rings. The average Bonchev–Trinajstić information content (AvgIpc) is 3.07. The maximum Gasteiger partial charge on any atom is 0.318 e. The first kappa shape index (κ1) is 24.0. The number of aliphatic hydroxyl groups excluding tert-OH is 1. The fourth-order valence-electron chi connectivity index (χ4n) is 8.45. The van der Waals surface area contributed by atoms with Crippen molar-refractivity contribution in [2.24, 2.45) is 39.9 Å². The van der Waals surface area contributed by atoms with Gasteiger partial charge in [-0.15, -0.1) is 6.58 Å². The molecular weight excluding hydrogens is 396 g/mol. The molecule has 0 aromatic heterocycles. The van der Waals surface area contributed by atoms with Crippen LogP contribution in [0.1, 0.15) is 105 Å². The Balaban J connectivity index is 1.64. The van der Waals surface area contributed by atoms with Gasteiger partial charge < -0.3 is 9.84 Å². The lowest BCUT2D eigenvalue weighted by molar-refractivity contribution is -0.176. The molecule has 4 aliphatic rings. The summed E-state index contributed by atoms with van der Waals surface area (Å²) in [6, 6.07) is 0. The summed E-state index contributed by atoms with van der Waals surface area (Å²) in [5.74, 6) is 3.54. The van der Waals surface area contributed by atoms with Crippen molar-refractivity contribution in [3.05, 3.63) is 24.0 Å². The molecule has 4 rings (SSSR count). The van der Waals surface area contributed by atoms with Gasteiger partial charge in [0.15, 0.2) is 0 Å². The van der Waals surface area contributed by atoms with Crippen LogP contribution in [0, 0.1) is 39.9 Å². The summed E-state index contributed by atoms with van der Waals surface area (Å²) < 4.78 is 6.33. The van der Waals surface area contributed by atoms with E-state index in [4.69, 9.17) is 4.74 Å². The van der Waals surface area contributed by atoms with Gasteiger partial charge in [-0.05, 0) is 80.1 Å². The van der Waals surface area contributed by atoms with Gasteiger partial charge in [-0.1, -0.05) is 60.0 Å². The third-order valence-electron chi connectivity index (χ3n) is 10.4. The number of esters is 1. The number of carbonyl (C=O) groups is 1. The summed E-state index contributed by atoms with van der Waals surface area (Å²) in [4.78, 5) is 13.6. The Morgan fingerprint density at radius 2 is 1.91 bits per heavy atom. The quantitative estimate of drug-likeness (QED) is 0.335. The molecule has 2 saturated carbocycles. The van der Waals surface area contributed by atoms with Crippen molar-refractivity contribution < 1.29 is 14.6 Å². The summed E-state index contributed by atoms with van der Waals surface area (Å²) in [5, 5.41) is 10.5. The van der Waals surface area contributed by atoms with Crippen LogP contribution in [0.2, 0.25) is 0 Å². The van der Waals surface area contributed by atoms with E-state index in [1.165, 1.54) is 37.7 Å². The summed E-state index contributed by atoms with van der Waals surface area (Å²) in [5.41, 5.74) is 0.773. The van der Waals surface area contributed by atoms with Crippen LogP contribution in [0.15, 0.2) is 24.0 Å². The maximum absolute atomic E-state index is 13.6. The summed E-state index contributed by atoms with van der Waals surface area (Å²) in [6.07, 6.45) is 12.8. The van der Waals surface area contributed by atoms with Crippen LogP contribution in [0.4, 0.5) is 0 Å². The van der Waals surface area contributed by atoms with Crippen molar-refractivity contribution >= 4 is 5.97 Å². The number of ether oxygens (including phenoxy) is 1. The van der Waals surface area contributed by atoms with Gasteiger partial charge in [0.1, 0.15) is 5.76 Å². The first-order valence-corrected chi connectivity index (χ1v) is 13.3. The normalized spacial score (nSPS) is 42.2. The molecule has 3 aliphatic carbocycles. The Kier molecular flexibility index (Phi) is 6.46. The molecule has 32 heavy (non-hydrogen) atoms. The monoisotopic (exact) mass is 442 g/mol. The zero-order chi connectivity index (χ0) is 23.3. The van der Waals surface area contributed by atoms with Gasteiger partial charge in [-0.25, -0.2) is 0 Å². The lowest BCUT2D eigenvalue weighted by Crippen LogP contribution is -2.57. The highest BCUT2D eigenvalue weighted by Crippen LogP contribution is 2.68. The zero-order valence-corrected chi connectivity index (χ0v) is 21.2. The van der Waals surface area contributed by atoms with Crippen molar-refractivity contribution in [2.75, 3.05) is 0 Å². The molecule has 0 unspecified atom stereocenters. The molecular formula is C29H46O3. The maximum atomic E-state index is 13.6. The predicted molar refractivity (Wildman–Crippen MR) is 130 cm³/mol. The van der Waals surface area contributed by atoms with Crippen LogP contribution in [-0.4, -0.2) is 17.2 Å². The fourth-order valence-corrected chi connectivity index (χ4v) is 8.45. The smallest absolute Gasteiger partial charge is 0.318 e. The molecule has 1 aliphatic heterocycles. The molecule has 180 valence electrons. The predicted octanol–water partition coefficient (Wildman–Crippen LogP) is 7.20. The second-order valence-electron chi connectivity index (χ2n) is 12.6. The third-order valence-corrected chi connectivity index (χ3v) is 10.4. The van der Waals surface area contributed by atoms with Crippen molar-refractivity contribution in [1.29, 1.82) is 0 Å². The Morgan fingerprint density at radius 1 is 1.16 bits per heavy atom. The Labute approximate surface area is 196 Å². The van der Waals surface area contributed by atoms with Crippen LogP contribution in [-0.2, 0) is 9.53 Å². The van der Waals surface area contributed by atoms with Gasteiger partial charge in [0.2, 0.25) is 0 Å². The van der Waals surface area contributed by atoms with E-state index in [-0.39, 0.29) is 16.8 Å². The molecule has 2 fully saturated rings. The SMILES string of the molecule is C=CC[C@]12C[C@@H](O)CC[C@]1(C)C1=C(OC2=O)[C@@H]2CC[C@H]([C@H](C)CCCC(C)C)[C@@]2(C)CC1. The first-order chi connectivity index (χ1) is 15.1. The number of rotatable bonds is 7. The van der Waals surface area contributed by atoms with Crippen molar-refractivity contribution in [1.82, 2.24) is 0 Å². The number of aliphatic hydroxyl groups is 1. The topological polar surface area (TPSA) is 46.5 Å². The minimum Gasteiger partial charge on any atom is -0.430 e. The average molecular weight is 443 g/mol. The molecule has 0 saturated heterocycles. The van der Waals surface area contributed by atoms with Gasteiger partial charge >= 0.3 is 5.97 Å². The van der Waals surface area contributed by atoms with Crippen LogP contribution in [0.25, 0.3) is 0 Å². The van der Waals surface area contributed by atoms with E-state index >= 15 is 0 Å². The molecule has 0 aromatic carbocycles. The van der Waals surface area contributed by atoms with Crippen LogP contribution >= 0.6 is 0 Å². The van der Waals surface area contributed by atoms with E-state index in [9.17, 15) is 9.90 Å². The highest BCUT2D eigenvalue weighted by molar-refractivity contribution is 5.82. The fraction of sp³-hybridized carbons (Fsp3) is 0.828. The second-order valence-corrected chi connectivity index (χ2v) is 12.6. The Bertz CT molecular complexity index is 781. The third kappa shape index (κ3) is 3.53.